The number of esters is 1. The van der Waals surface area contributed by atoms with Crippen molar-refractivity contribution in [2.75, 3.05) is 20.8 Å². The fourth-order valence-electron chi connectivity index (χ4n) is 4.89. The molecule has 0 unspecified atom stereocenters. The van der Waals surface area contributed by atoms with E-state index in [4.69, 9.17) is 28.1 Å². The molecule has 0 aliphatic carbocycles. The quantitative estimate of drug-likeness (QED) is 0.0712. The lowest BCUT2D eigenvalue weighted by atomic mass is 9.99. The molecule has 1 saturated heterocycles. The monoisotopic (exact) mass is 670 g/mol. The first-order valence-electron chi connectivity index (χ1n) is 14.0. The highest BCUT2D eigenvalue weighted by molar-refractivity contribution is 5.91. The molecule has 0 saturated carbocycles. The number of hydrogen-bond acceptors (Lipinski definition) is 16. The highest BCUT2D eigenvalue weighted by Crippen LogP contribution is 2.44. The van der Waals surface area contributed by atoms with Gasteiger partial charge in [0.25, 0.3) is 0 Å². The minimum absolute atomic E-state index is 0.0523. The van der Waals surface area contributed by atoms with Crippen molar-refractivity contribution in [2.24, 2.45) is 0 Å². The Morgan fingerprint density at radius 3 is 2.25 bits per heavy atom. The number of aromatic hydroxyl groups is 5. The van der Waals surface area contributed by atoms with Crippen LogP contribution in [-0.4, -0.2) is 98.4 Å². The molecule has 1 aliphatic rings. The van der Waals surface area contributed by atoms with E-state index >= 15 is 0 Å². The second kappa shape index (κ2) is 13.6. The number of phenols is 5. The van der Waals surface area contributed by atoms with Gasteiger partial charge in [-0.25, -0.2) is 4.79 Å². The van der Waals surface area contributed by atoms with E-state index in [0.29, 0.717) is 5.56 Å². The molecule has 0 spiro atoms. The molecule has 1 aliphatic heterocycles. The minimum Gasteiger partial charge on any atom is -0.504 e. The minimum atomic E-state index is -1.99. The van der Waals surface area contributed by atoms with E-state index in [-0.39, 0.29) is 22.6 Å². The predicted octanol–water partition coefficient (Wildman–Crippen LogP) is 1.45. The zero-order valence-electron chi connectivity index (χ0n) is 25.1. The number of phenolic OH excluding ortho intramolecular Hbond substituents is 5. The lowest BCUT2D eigenvalue weighted by Crippen LogP contribution is -2.60. The Bertz CT molecular complexity index is 1930. The Balaban J connectivity index is 1.45. The normalized spacial score (nSPS) is 20.9. The Morgan fingerprint density at radius 1 is 0.833 bits per heavy atom. The topological polar surface area (TPSA) is 255 Å². The number of ether oxygens (including phenoxy) is 5. The molecule has 1 aromatic heterocycles. The average Bonchev–Trinajstić information content (AvgIpc) is 3.06. The Kier molecular flexibility index (Phi) is 9.53. The van der Waals surface area contributed by atoms with Crippen LogP contribution in [0.5, 0.6) is 46.0 Å². The fraction of sp³-hybridized carbons (Fsp3) is 0.250. The number of carbonyl (C=O) groups is 1. The molecule has 0 amide bonds. The second-order valence-corrected chi connectivity index (χ2v) is 10.5. The molecule has 16 nitrogen and oxygen atoms in total. The molecule has 2 heterocycles. The number of carbonyl (C=O) groups excluding carboxylic acids is 1. The maximum absolute atomic E-state index is 13.8. The van der Waals surface area contributed by atoms with Gasteiger partial charge in [-0.05, 0) is 42.0 Å². The van der Waals surface area contributed by atoms with Crippen LogP contribution in [0.2, 0.25) is 0 Å². The number of aliphatic hydroxyl groups excluding tert-OH is 3. The molecule has 0 bridgehead atoms. The van der Waals surface area contributed by atoms with E-state index < -0.39 is 94.4 Å². The highest BCUT2D eigenvalue weighted by atomic mass is 16.7. The van der Waals surface area contributed by atoms with Crippen LogP contribution in [0, 0.1) is 0 Å². The molecule has 254 valence electrons. The van der Waals surface area contributed by atoms with E-state index in [1.165, 1.54) is 37.5 Å². The van der Waals surface area contributed by atoms with Gasteiger partial charge in [-0.3, -0.25) is 4.79 Å². The van der Waals surface area contributed by atoms with Gasteiger partial charge < -0.3 is 69.0 Å². The first-order valence-corrected chi connectivity index (χ1v) is 14.0. The zero-order valence-corrected chi connectivity index (χ0v) is 25.1. The van der Waals surface area contributed by atoms with Crippen LogP contribution in [0.3, 0.4) is 0 Å². The molecular weight excluding hydrogens is 640 g/mol. The van der Waals surface area contributed by atoms with E-state index in [1.807, 2.05) is 0 Å². The molecular formula is C32H30O16. The molecule has 48 heavy (non-hydrogen) atoms. The summed E-state index contributed by atoms with van der Waals surface area (Å²) in [5.74, 6) is -5.00. The Morgan fingerprint density at radius 2 is 1.56 bits per heavy atom. The fourth-order valence-corrected chi connectivity index (χ4v) is 4.89. The van der Waals surface area contributed by atoms with Gasteiger partial charge in [-0.15, -0.1) is 0 Å². The lowest BCUT2D eigenvalue weighted by Gasteiger charge is -2.39. The highest BCUT2D eigenvalue weighted by Gasteiger charge is 2.46. The molecule has 4 aromatic rings. The Labute approximate surface area is 270 Å². The SMILES string of the molecule is COc1cc(/C=C/C(=O)OC[C@@H]2O[C@@H](Oc3c(-c4ccc(O)c(O)c4)oc4cc(O)c(OC)c(O)c4c3=O)[C@@H](O)[C@@H](O)[C@@H]2O)ccc1O. The second-order valence-electron chi connectivity index (χ2n) is 10.5. The van der Waals surface area contributed by atoms with Crippen molar-refractivity contribution >= 4 is 23.0 Å². The van der Waals surface area contributed by atoms with Gasteiger partial charge in [-0.1, -0.05) is 6.07 Å². The van der Waals surface area contributed by atoms with Crippen molar-refractivity contribution in [3.05, 3.63) is 64.3 Å². The molecule has 8 N–H and O–H groups in total. The van der Waals surface area contributed by atoms with Gasteiger partial charge >= 0.3 is 5.97 Å². The molecule has 5 atom stereocenters. The summed E-state index contributed by atoms with van der Waals surface area (Å²) in [6.45, 7) is -0.658. The van der Waals surface area contributed by atoms with E-state index in [2.05, 4.69) is 0 Å². The summed E-state index contributed by atoms with van der Waals surface area (Å²) in [7, 11) is 2.48. The third-order valence-electron chi connectivity index (χ3n) is 7.40. The van der Waals surface area contributed by atoms with Crippen molar-refractivity contribution in [1.82, 2.24) is 0 Å². The van der Waals surface area contributed by atoms with Gasteiger partial charge in [0, 0.05) is 17.7 Å². The van der Waals surface area contributed by atoms with Crippen molar-refractivity contribution < 1.29 is 73.7 Å². The smallest absolute Gasteiger partial charge is 0.330 e. The summed E-state index contributed by atoms with van der Waals surface area (Å²) in [5, 5.41) is 82.0. The first kappa shape index (κ1) is 33.7. The zero-order chi connectivity index (χ0) is 34.9. The largest absolute Gasteiger partial charge is 0.504 e. The number of rotatable bonds is 9. The van der Waals surface area contributed by atoms with Crippen molar-refractivity contribution in [3.8, 4) is 57.3 Å². The van der Waals surface area contributed by atoms with Crippen LogP contribution in [0.4, 0.5) is 0 Å². The summed E-state index contributed by atoms with van der Waals surface area (Å²) < 4.78 is 32.2. The van der Waals surface area contributed by atoms with Gasteiger partial charge in [0.1, 0.15) is 42.0 Å². The van der Waals surface area contributed by atoms with E-state index in [0.717, 1.165) is 31.4 Å². The van der Waals surface area contributed by atoms with Crippen molar-refractivity contribution in [3.63, 3.8) is 0 Å². The number of methoxy groups -OCH3 is 2. The molecule has 5 rings (SSSR count). The molecule has 1 fully saturated rings. The van der Waals surface area contributed by atoms with Crippen LogP contribution in [0.15, 0.2) is 57.8 Å². The van der Waals surface area contributed by atoms with Crippen LogP contribution in [0.25, 0.3) is 28.4 Å². The molecule has 0 radical (unpaired) electrons. The lowest BCUT2D eigenvalue weighted by molar-refractivity contribution is -0.278. The van der Waals surface area contributed by atoms with Crippen molar-refractivity contribution in [1.29, 1.82) is 0 Å². The standard InChI is InChI=1S/C32H30O16/c1-43-19-9-13(3-6-16(19)34)4-8-22(37)45-12-21-24(38)27(41)28(42)32(47-21)48-31-26(40)23-20(11-18(36)30(44-2)25(23)39)46-29(31)14-5-7-15(33)17(35)10-14/h3-11,21,24,27-28,32-36,38-39,41-42H,12H2,1-2H3/b8-4+/t21-,24+,27-,28-,32-/m0/s1. The van der Waals surface area contributed by atoms with E-state index in [9.17, 15) is 50.4 Å². The predicted molar refractivity (Wildman–Crippen MR) is 163 cm³/mol. The van der Waals surface area contributed by atoms with Gasteiger partial charge in [0.2, 0.25) is 23.2 Å². The van der Waals surface area contributed by atoms with Gasteiger partial charge in [-0.2, -0.15) is 0 Å². The van der Waals surface area contributed by atoms with Crippen molar-refractivity contribution in [2.45, 2.75) is 30.7 Å². The molecule has 16 heteroatoms. The maximum Gasteiger partial charge on any atom is 0.330 e. The number of fused-ring (bicyclic) bond motifs is 1. The summed E-state index contributed by atoms with van der Waals surface area (Å²) in [6.07, 6.45) is -6.74. The van der Waals surface area contributed by atoms with Crippen LogP contribution >= 0.6 is 0 Å². The number of aliphatic hydroxyl groups is 3. The van der Waals surface area contributed by atoms with E-state index in [1.54, 1.807) is 0 Å². The third-order valence-corrected chi connectivity index (χ3v) is 7.40. The summed E-state index contributed by atoms with van der Waals surface area (Å²) in [6, 6.07) is 8.62. The number of benzene rings is 3. The Hall–Kier alpha value is -5.68. The van der Waals surface area contributed by atoms with Crippen LogP contribution in [0.1, 0.15) is 5.56 Å². The summed E-state index contributed by atoms with van der Waals surface area (Å²) in [5.41, 5.74) is -1.00. The number of hydrogen-bond donors (Lipinski definition) is 8. The summed E-state index contributed by atoms with van der Waals surface area (Å²) in [4.78, 5) is 26.2. The summed E-state index contributed by atoms with van der Waals surface area (Å²) >= 11 is 0. The van der Waals surface area contributed by atoms with Gasteiger partial charge in [0.05, 0.1) is 14.2 Å². The maximum atomic E-state index is 13.8. The van der Waals surface area contributed by atoms with Gasteiger partial charge in [0.15, 0.2) is 40.3 Å². The van der Waals surface area contributed by atoms with Crippen LogP contribution < -0.4 is 19.6 Å². The first-order chi connectivity index (χ1) is 22.8. The molecule has 3 aromatic carbocycles. The average molecular weight is 671 g/mol. The van der Waals surface area contributed by atoms with Crippen LogP contribution in [-0.2, 0) is 14.3 Å². The third kappa shape index (κ3) is 6.45.